The number of nitrogens with zero attached hydrogens (tertiary/aromatic N) is 2. The van der Waals surface area contributed by atoms with Crippen LogP contribution in [0.1, 0.15) is 35.3 Å². The number of esters is 1. The van der Waals surface area contributed by atoms with Gasteiger partial charge < -0.3 is 25.0 Å². The summed E-state index contributed by atoms with van der Waals surface area (Å²) in [4.78, 5) is 30.5. The average molecular weight is 400 g/mol. The van der Waals surface area contributed by atoms with E-state index in [1.54, 1.807) is 24.4 Å². The minimum atomic E-state index is -0.492. The summed E-state index contributed by atoms with van der Waals surface area (Å²) < 4.78 is 9.92. The number of carbonyl (C=O) groups excluding carboxylic acids is 2. The summed E-state index contributed by atoms with van der Waals surface area (Å²) in [5.41, 5.74) is 1.98. The van der Waals surface area contributed by atoms with Crippen molar-refractivity contribution in [1.29, 1.82) is 0 Å². The van der Waals surface area contributed by atoms with Crippen LogP contribution in [0.2, 0.25) is 0 Å². The Bertz CT molecular complexity index is 820. The maximum Gasteiger partial charge on any atom is 0.341 e. The molecule has 1 heterocycles. The fourth-order valence-electron chi connectivity index (χ4n) is 2.82. The SMILES string of the molecule is CCN(CC)c1ccc(CNC(=O)NCc2ccc(OC)c(C(=O)OC)c2)cn1. The number of carbonyl (C=O) groups is 2. The minimum Gasteiger partial charge on any atom is -0.496 e. The Balaban J connectivity index is 1.88. The number of urea groups is 1. The lowest BCUT2D eigenvalue weighted by Gasteiger charge is -2.19. The van der Waals surface area contributed by atoms with Crippen LogP contribution >= 0.6 is 0 Å². The maximum absolute atomic E-state index is 12.1. The maximum atomic E-state index is 12.1. The molecule has 0 spiro atoms. The molecule has 1 aromatic heterocycles. The number of aromatic nitrogens is 1. The van der Waals surface area contributed by atoms with Crippen LogP contribution in [0.4, 0.5) is 10.6 Å². The standard InChI is InChI=1S/C21H28N4O4/c1-5-25(6-2)19-10-8-16(13-22-19)14-24-21(27)23-12-15-7-9-18(28-3)17(11-15)20(26)29-4/h7-11,13H,5-6,12,14H2,1-4H3,(H2,23,24,27). The molecule has 2 N–H and O–H groups in total. The van der Waals surface area contributed by atoms with Crippen molar-refractivity contribution in [2.24, 2.45) is 0 Å². The van der Waals surface area contributed by atoms with Crippen molar-refractivity contribution in [3.63, 3.8) is 0 Å². The van der Waals surface area contributed by atoms with Crippen LogP contribution in [-0.4, -0.2) is 44.3 Å². The summed E-state index contributed by atoms with van der Waals surface area (Å²) in [5.74, 6) is 0.851. The molecule has 2 rings (SSSR count). The van der Waals surface area contributed by atoms with Gasteiger partial charge in [-0.1, -0.05) is 12.1 Å². The first-order valence-corrected chi connectivity index (χ1v) is 9.49. The zero-order valence-electron chi connectivity index (χ0n) is 17.3. The lowest BCUT2D eigenvalue weighted by atomic mass is 10.1. The Kier molecular flexibility index (Phi) is 8.27. The zero-order chi connectivity index (χ0) is 21.2. The molecule has 1 aromatic carbocycles. The third kappa shape index (κ3) is 6.10. The highest BCUT2D eigenvalue weighted by Crippen LogP contribution is 2.20. The van der Waals surface area contributed by atoms with Gasteiger partial charge in [0.1, 0.15) is 17.1 Å². The Morgan fingerprint density at radius 1 is 1.00 bits per heavy atom. The van der Waals surface area contributed by atoms with E-state index in [2.05, 4.69) is 34.4 Å². The van der Waals surface area contributed by atoms with Gasteiger partial charge >= 0.3 is 12.0 Å². The molecule has 0 saturated heterocycles. The first kappa shape index (κ1) is 22.0. The molecule has 8 heteroatoms. The summed E-state index contributed by atoms with van der Waals surface area (Å²) in [6.45, 7) is 6.59. The Hall–Kier alpha value is -3.29. The molecule has 0 atom stereocenters. The molecule has 0 unspecified atom stereocenters. The van der Waals surface area contributed by atoms with E-state index in [4.69, 9.17) is 9.47 Å². The van der Waals surface area contributed by atoms with Crippen LogP contribution in [0, 0.1) is 0 Å². The predicted octanol–water partition coefficient (Wildman–Crippen LogP) is 2.72. The van der Waals surface area contributed by atoms with E-state index in [9.17, 15) is 9.59 Å². The fraction of sp³-hybridized carbons (Fsp3) is 0.381. The smallest absolute Gasteiger partial charge is 0.341 e. The van der Waals surface area contributed by atoms with Crippen LogP contribution in [-0.2, 0) is 17.8 Å². The van der Waals surface area contributed by atoms with Crippen molar-refractivity contribution >= 4 is 17.8 Å². The lowest BCUT2D eigenvalue weighted by Crippen LogP contribution is -2.34. The van der Waals surface area contributed by atoms with E-state index in [-0.39, 0.29) is 12.6 Å². The van der Waals surface area contributed by atoms with E-state index < -0.39 is 5.97 Å². The van der Waals surface area contributed by atoms with Crippen molar-refractivity contribution in [2.45, 2.75) is 26.9 Å². The van der Waals surface area contributed by atoms with Crippen LogP contribution in [0.25, 0.3) is 0 Å². The highest BCUT2D eigenvalue weighted by atomic mass is 16.5. The van der Waals surface area contributed by atoms with Crippen LogP contribution in [0.3, 0.4) is 0 Å². The third-order valence-corrected chi connectivity index (χ3v) is 4.47. The van der Waals surface area contributed by atoms with Gasteiger partial charge in [0.05, 0.1) is 14.2 Å². The third-order valence-electron chi connectivity index (χ3n) is 4.47. The zero-order valence-corrected chi connectivity index (χ0v) is 17.3. The van der Waals surface area contributed by atoms with E-state index in [1.807, 2.05) is 12.1 Å². The molecule has 0 radical (unpaired) electrons. The quantitative estimate of drug-likeness (QED) is 0.629. The number of amides is 2. The minimum absolute atomic E-state index is 0.263. The number of nitrogens with one attached hydrogen (secondary N) is 2. The van der Waals surface area contributed by atoms with Gasteiger partial charge in [-0.2, -0.15) is 0 Å². The van der Waals surface area contributed by atoms with Crippen molar-refractivity contribution in [3.05, 3.63) is 53.2 Å². The summed E-state index contributed by atoms with van der Waals surface area (Å²) >= 11 is 0. The summed E-state index contributed by atoms with van der Waals surface area (Å²) in [6.07, 6.45) is 1.76. The molecule has 2 amide bonds. The monoisotopic (exact) mass is 400 g/mol. The summed E-state index contributed by atoms with van der Waals surface area (Å²) in [5, 5.41) is 5.56. The molecule has 0 aliphatic heterocycles. The Labute approximate surface area is 171 Å². The van der Waals surface area contributed by atoms with Crippen molar-refractivity contribution in [1.82, 2.24) is 15.6 Å². The number of anilines is 1. The highest BCUT2D eigenvalue weighted by molar-refractivity contribution is 5.92. The number of hydrogen-bond donors (Lipinski definition) is 2. The predicted molar refractivity (Wildman–Crippen MR) is 111 cm³/mol. The summed E-state index contributed by atoms with van der Waals surface area (Å²) in [6, 6.07) is 8.68. The molecule has 0 saturated carbocycles. The second-order valence-electron chi connectivity index (χ2n) is 6.26. The van der Waals surface area contributed by atoms with Crippen LogP contribution in [0.15, 0.2) is 36.5 Å². The number of ether oxygens (including phenoxy) is 2. The van der Waals surface area contributed by atoms with E-state index in [0.29, 0.717) is 17.9 Å². The van der Waals surface area contributed by atoms with Gasteiger partial charge in [0.15, 0.2) is 0 Å². The second-order valence-corrected chi connectivity index (χ2v) is 6.26. The van der Waals surface area contributed by atoms with Gasteiger partial charge in [-0.05, 0) is 43.2 Å². The molecule has 29 heavy (non-hydrogen) atoms. The highest BCUT2D eigenvalue weighted by Gasteiger charge is 2.13. The topological polar surface area (TPSA) is 92.8 Å². The average Bonchev–Trinajstić information content (AvgIpc) is 2.77. The second kappa shape index (κ2) is 10.9. The number of benzene rings is 1. The van der Waals surface area contributed by atoms with Crippen molar-refractivity contribution in [3.8, 4) is 5.75 Å². The molecule has 0 aliphatic carbocycles. The number of pyridine rings is 1. The molecule has 156 valence electrons. The van der Waals surface area contributed by atoms with Gasteiger partial charge in [0, 0.05) is 32.4 Å². The van der Waals surface area contributed by atoms with E-state index in [1.165, 1.54) is 14.2 Å². The first-order valence-electron chi connectivity index (χ1n) is 9.49. The fourth-order valence-corrected chi connectivity index (χ4v) is 2.82. The van der Waals surface area contributed by atoms with E-state index >= 15 is 0 Å². The normalized spacial score (nSPS) is 10.2. The molecule has 2 aromatic rings. The van der Waals surface area contributed by atoms with Gasteiger partial charge in [0.25, 0.3) is 0 Å². The lowest BCUT2D eigenvalue weighted by molar-refractivity contribution is 0.0597. The number of rotatable bonds is 9. The number of methoxy groups -OCH3 is 2. The first-order chi connectivity index (χ1) is 14.0. The molecular weight excluding hydrogens is 372 g/mol. The molecule has 0 bridgehead atoms. The molecule has 0 fully saturated rings. The number of hydrogen-bond acceptors (Lipinski definition) is 6. The largest absolute Gasteiger partial charge is 0.496 e. The molecule has 8 nitrogen and oxygen atoms in total. The van der Waals surface area contributed by atoms with Crippen molar-refractivity contribution in [2.75, 3.05) is 32.2 Å². The molecular formula is C21H28N4O4. The van der Waals surface area contributed by atoms with E-state index in [0.717, 1.165) is 30.0 Å². The van der Waals surface area contributed by atoms with Gasteiger partial charge in [-0.3, -0.25) is 0 Å². The van der Waals surface area contributed by atoms with Gasteiger partial charge in [-0.15, -0.1) is 0 Å². The van der Waals surface area contributed by atoms with Gasteiger partial charge in [-0.25, -0.2) is 14.6 Å². The van der Waals surface area contributed by atoms with Crippen molar-refractivity contribution < 1.29 is 19.1 Å². The van der Waals surface area contributed by atoms with Gasteiger partial charge in [0.2, 0.25) is 0 Å². The molecule has 0 aliphatic rings. The summed E-state index contributed by atoms with van der Waals surface area (Å²) in [7, 11) is 2.79. The van der Waals surface area contributed by atoms with Crippen LogP contribution in [0.5, 0.6) is 5.75 Å². The van der Waals surface area contributed by atoms with Crippen LogP contribution < -0.4 is 20.3 Å². The Morgan fingerprint density at radius 2 is 1.66 bits per heavy atom. The Morgan fingerprint density at radius 3 is 2.21 bits per heavy atom.